The monoisotopic (exact) mass is 277 g/mol. The van der Waals surface area contributed by atoms with Crippen molar-refractivity contribution in [3.05, 3.63) is 66.4 Å². The number of pyridine rings is 1. The molecule has 2 aromatic carbocycles. The van der Waals surface area contributed by atoms with Crippen LogP contribution in [0, 0.1) is 0 Å². The molecule has 3 heteroatoms. The van der Waals surface area contributed by atoms with Gasteiger partial charge in [-0.1, -0.05) is 25.1 Å². The lowest BCUT2D eigenvalue weighted by Gasteiger charge is -2.11. The molecule has 0 amide bonds. The molecule has 3 aromatic rings. The van der Waals surface area contributed by atoms with Crippen molar-refractivity contribution in [3.8, 4) is 11.5 Å². The van der Waals surface area contributed by atoms with E-state index in [0.717, 1.165) is 10.9 Å². The normalized spacial score (nSPS) is 10.5. The van der Waals surface area contributed by atoms with E-state index in [0.29, 0.717) is 23.5 Å². The molecule has 3 rings (SSSR count). The van der Waals surface area contributed by atoms with Crippen LogP contribution in [0.5, 0.6) is 11.5 Å². The van der Waals surface area contributed by atoms with Gasteiger partial charge in [-0.15, -0.1) is 0 Å². The molecular weight excluding hydrogens is 262 g/mol. The van der Waals surface area contributed by atoms with Gasteiger partial charge in [0.15, 0.2) is 5.78 Å². The summed E-state index contributed by atoms with van der Waals surface area (Å²) in [6.45, 7) is 1.85. The lowest BCUT2D eigenvalue weighted by atomic mass is 10.1. The van der Waals surface area contributed by atoms with Gasteiger partial charge < -0.3 is 4.74 Å². The molecule has 1 aromatic heterocycles. The van der Waals surface area contributed by atoms with Crippen LogP contribution in [0.4, 0.5) is 0 Å². The highest BCUT2D eigenvalue weighted by Gasteiger charge is 2.12. The topological polar surface area (TPSA) is 39.2 Å². The molecule has 0 N–H and O–H groups in total. The Kier molecular flexibility index (Phi) is 3.65. The van der Waals surface area contributed by atoms with Crippen LogP contribution in [-0.2, 0) is 0 Å². The first-order valence-corrected chi connectivity index (χ1v) is 6.93. The molecular formula is C18H15NO2. The van der Waals surface area contributed by atoms with Gasteiger partial charge >= 0.3 is 0 Å². The number of ether oxygens (including phenoxy) is 1. The smallest absolute Gasteiger partial charge is 0.166 e. The Labute approximate surface area is 123 Å². The zero-order valence-electron chi connectivity index (χ0n) is 11.7. The number of hydrogen-bond acceptors (Lipinski definition) is 3. The van der Waals surface area contributed by atoms with Gasteiger partial charge in [-0.25, -0.2) is 0 Å². The lowest BCUT2D eigenvalue weighted by Crippen LogP contribution is -2.00. The molecule has 0 saturated heterocycles. The summed E-state index contributed by atoms with van der Waals surface area (Å²) in [4.78, 5) is 16.3. The number of carbonyl (C=O) groups is 1. The molecule has 0 fully saturated rings. The minimum Gasteiger partial charge on any atom is -0.456 e. The van der Waals surface area contributed by atoms with Gasteiger partial charge in [0.05, 0.1) is 11.1 Å². The van der Waals surface area contributed by atoms with Gasteiger partial charge in [0.2, 0.25) is 0 Å². The number of fused-ring (bicyclic) bond motifs is 1. The maximum absolute atomic E-state index is 12.0. The molecule has 0 aliphatic carbocycles. The van der Waals surface area contributed by atoms with E-state index in [1.807, 2.05) is 55.5 Å². The first kappa shape index (κ1) is 13.3. The van der Waals surface area contributed by atoms with E-state index in [1.54, 1.807) is 12.3 Å². The summed E-state index contributed by atoms with van der Waals surface area (Å²) in [5.41, 5.74) is 1.48. The van der Waals surface area contributed by atoms with Gasteiger partial charge in [0.25, 0.3) is 0 Å². The average Bonchev–Trinajstić information content (AvgIpc) is 2.55. The minimum absolute atomic E-state index is 0.0731. The number of benzene rings is 2. The summed E-state index contributed by atoms with van der Waals surface area (Å²) in [5.74, 6) is 1.36. The fourth-order valence-electron chi connectivity index (χ4n) is 2.26. The molecule has 0 spiro atoms. The number of nitrogens with zero attached hydrogens (tertiary/aromatic N) is 1. The number of ketones is 1. The number of carbonyl (C=O) groups excluding carboxylic acids is 1. The van der Waals surface area contributed by atoms with Gasteiger partial charge in [-0.3, -0.25) is 9.78 Å². The van der Waals surface area contributed by atoms with Crippen molar-refractivity contribution in [1.29, 1.82) is 0 Å². The highest BCUT2D eigenvalue weighted by Crippen LogP contribution is 2.31. The SMILES string of the molecule is CCC(=O)c1ccccc1Oc1cccc2ncccc12. The van der Waals surface area contributed by atoms with Crippen molar-refractivity contribution in [2.45, 2.75) is 13.3 Å². The zero-order valence-corrected chi connectivity index (χ0v) is 11.7. The number of para-hydroxylation sites is 1. The number of rotatable bonds is 4. The number of aromatic nitrogens is 1. The predicted octanol–water partition coefficient (Wildman–Crippen LogP) is 4.62. The summed E-state index contributed by atoms with van der Waals surface area (Å²) < 4.78 is 5.98. The largest absolute Gasteiger partial charge is 0.456 e. The highest BCUT2D eigenvalue weighted by atomic mass is 16.5. The Morgan fingerprint density at radius 2 is 1.81 bits per heavy atom. The Bertz CT molecular complexity index is 791. The van der Waals surface area contributed by atoms with Crippen LogP contribution < -0.4 is 4.74 Å². The summed E-state index contributed by atoms with van der Waals surface area (Å²) in [5, 5.41) is 0.929. The molecule has 21 heavy (non-hydrogen) atoms. The van der Waals surface area contributed by atoms with E-state index in [-0.39, 0.29) is 5.78 Å². The van der Waals surface area contributed by atoms with Gasteiger partial charge in [0.1, 0.15) is 11.5 Å². The van der Waals surface area contributed by atoms with Crippen molar-refractivity contribution in [1.82, 2.24) is 4.98 Å². The molecule has 0 unspecified atom stereocenters. The van der Waals surface area contributed by atoms with Gasteiger partial charge in [-0.05, 0) is 36.4 Å². The Hall–Kier alpha value is -2.68. The molecule has 3 nitrogen and oxygen atoms in total. The van der Waals surface area contributed by atoms with Crippen molar-refractivity contribution < 1.29 is 9.53 Å². The third-order valence-corrected chi connectivity index (χ3v) is 3.33. The van der Waals surface area contributed by atoms with Crippen LogP contribution in [0.15, 0.2) is 60.8 Å². The van der Waals surface area contributed by atoms with E-state index in [4.69, 9.17) is 4.74 Å². The Morgan fingerprint density at radius 1 is 1.00 bits per heavy atom. The highest BCUT2D eigenvalue weighted by molar-refractivity contribution is 5.98. The molecule has 0 bridgehead atoms. The van der Waals surface area contributed by atoms with Crippen LogP contribution >= 0.6 is 0 Å². The zero-order chi connectivity index (χ0) is 14.7. The third-order valence-electron chi connectivity index (χ3n) is 3.33. The lowest BCUT2D eigenvalue weighted by molar-refractivity contribution is 0.0986. The minimum atomic E-state index is 0.0731. The van der Waals surface area contributed by atoms with E-state index in [2.05, 4.69) is 4.98 Å². The van der Waals surface area contributed by atoms with Crippen LogP contribution in [0.3, 0.4) is 0 Å². The Balaban J connectivity index is 2.05. The van der Waals surface area contributed by atoms with Gasteiger partial charge in [0, 0.05) is 18.0 Å². The standard InChI is InChI=1S/C18H15NO2/c1-2-16(20)14-7-3-4-10-18(14)21-17-11-5-9-15-13(17)8-6-12-19-15/h3-12H,2H2,1H3. The van der Waals surface area contributed by atoms with E-state index in [9.17, 15) is 4.79 Å². The van der Waals surface area contributed by atoms with Crippen LogP contribution in [0.2, 0.25) is 0 Å². The number of Topliss-reactive ketones (excluding diaryl/α,β-unsaturated/α-hetero) is 1. The first-order chi connectivity index (χ1) is 10.3. The van der Waals surface area contributed by atoms with E-state index < -0.39 is 0 Å². The third kappa shape index (κ3) is 2.63. The molecule has 0 saturated carbocycles. The molecule has 0 aliphatic heterocycles. The predicted molar refractivity (Wildman–Crippen MR) is 82.9 cm³/mol. The van der Waals surface area contributed by atoms with E-state index >= 15 is 0 Å². The molecule has 0 radical (unpaired) electrons. The van der Waals surface area contributed by atoms with E-state index in [1.165, 1.54) is 0 Å². The first-order valence-electron chi connectivity index (χ1n) is 6.93. The summed E-state index contributed by atoms with van der Waals surface area (Å²) >= 11 is 0. The van der Waals surface area contributed by atoms with Crippen molar-refractivity contribution >= 4 is 16.7 Å². The van der Waals surface area contributed by atoms with Crippen molar-refractivity contribution in [2.75, 3.05) is 0 Å². The fourth-order valence-corrected chi connectivity index (χ4v) is 2.26. The molecule has 104 valence electrons. The van der Waals surface area contributed by atoms with Crippen LogP contribution in [-0.4, -0.2) is 10.8 Å². The van der Waals surface area contributed by atoms with Crippen molar-refractivity contribution in [3.63, 3.8) is 0 Å². The molecule has 1 heterocycles. The Morgan fingerprint density at radius 3 is 2.67 bits per heavy atom. The average molecular weight is 277 g/mol. The van der Waals surface area contributed by atoms with Crippen LogP contribution in [0.1, 0.15) is 23.7 Å². The summed E-state index contributed by atoms with van der Waals surface area (Å²) in [6.07, 6.45) is 2.21. The van der Waals surface area contributed by atoms with Crippen LogP contribution in [0.25, 0.3) is 10.9 Å². The summed E-state index contributed by atoms with van der Waals surface area (Å²) in [7, 11) is 0. The summed E-state index contributed by atoms with van der Waals surface area (Å²) in [6, 6.07) is 16.9. The molecule has 0 atom stereocenters. The second kappa shape index (κ2) is 5.75. The second-order valence-corrected chi connectivity index (χ2v) is 4.70. The quantitative estimate of drug-likeness (QED) is 0.653. The second-order valence-electron chi connectivity index (χ2n) is 4.70. The maximum atomic E-state index is 12.0. The maximum Gasteiger partial charge on any atom is 0.166 e. The fraction of sp³-hybridized carbons (Fsp3) is 0.111. The molecule has 0 aliphatic rings. The van der Waals surface area contributed by atoms with Gasteiger partial charge in [-0.2, -0.15) is 0 Å². The number of hydrogen-bond donors (Lipinski definition) is 0. The van der Waals surface area contributed by atoms with Crippen molar-refractivity contribution in [2.24, 2.45) is 0 Å².